The number of allylic oxidation sites excluding steroid dienone is 4. The summed E-state index contributed by atoms with van der Waals surface area (Å²) in [5.41, 5.74) is 2.84. The fraction of sp³-hybridized carbons (Fsp3) is 0.676. The summed E-state index contributed by atoms with van der Waals surface area (Å²) in [6.45, 7) is 7.20. The fourth-order valence-corrected chi connectivity index (χ4v) is 10.9. The number of hydrogen-bond acceptors (Lipinski definition) is 5. The number of aliphatic hydroxyl groups is 2. The topological polar surface area (TPSA) is 66.0 Å². The zero-order chi connectivity index (χ0) is 29.0. The Labute approximate surface area is 257 Å². The van der Waals surface area contributed by atoms with Crippen molar-refractivity contribution in [1.82, 2.24) is 19.7 Å². The average molecular weight is 585 g/mol. The molecule has 1 spiro atoms. The van der Waals surface area contributed by atoms with Crippen LogP contribution in [0.5, 0.6) is 0 Å². The molecular formula is C37H52N4O2. The molecule has 0 radical (unpaired) electrons. The van der Waals surface area contributed by atoms with Gasteiger partial charge in [0.05, 0.1) is 24.4 Å². The smallest absolute Gasteiger partial charge is 0.0958 e. The van der Waals surface area contributed by atoms with Gasteiger partial charge in [0.2, 0.25) is 0 Å². The highest BCUT2D eigenvalue weighted by Gasteiger charge is 2.68. The SMILES string of the molecule is OC1C2C3c4[nH]c5ccccc5c4CCN3CN3CCCC=CCCC45CN(CCCCC=CCCC1(O)C4C3)CCC25. The highest BCUT2D eigenvalue weighted by molar-refractivity contribution is 5.85. The second kappa shape index (κ2) is 11.4. The van der Waals surface area contributed by atoms with E-state index in [4.69, 9.17) is 0 Å². The number of H-pyrrole nitrogens is 1. The molecule has 6 bridgehead atoms. The molecule has 1 aromatic carbocycles. The summed E-state index contributed by atoms with van der Waals surface area (Å²) < 4.78 is 0. The standard InChI is InChI=1S/C37H52N4O2/c42-35-32-29-17-22-39-20-12-6-2-1-5-11-19-37(35,43)31-24-40(21-13-7-3-4-10-18-36(29,31)25-39)26-41-23-16-28-27-14-8-9-15-30(27)38-33(28)34(32)41/h1,3-5,8-9,14-15,29,31-32,34-35,38,42-43H,2,6-7,10-13,16-26H2. The Morgan fingerprint density at radius 2 is 1.63 bits per heavy atom. The van der Waals surface area contributed by atoms with Crippen LogP contribution in [0, 0.1) is 23.2 Å². The first kappa shape index (κ1) is 28.5. The van der Waals surface area contributed by atoms with E-state index in [0.717, 1.165) is 97.3 Å². The third-order valence-electron chi connectivity index (χ3n) is 12.8. The Kier molecular flexibility index (Phi) is 7.58. The van der Waals surface area contributed by atoms with E-state index < -0.39 is 11.7 Å². The maximum Gasteiger partial charge on any atom is 0.0958 e. The summed E-state index contributed by atoms with van der Waals surface area (Å²) in [6, 6.07) is 8.89. The van der Waals surface area contributed by atoms with Crippen LogP contribution < -0.4 is 0 Å². The largest absolute Gasteiger partial charge is 0.390 e. The fourth-order valence-electron chi connectivity index (χ4n) is 10.9. The van der Waals surface area contributed by atoms with Crippen molar-refractivity contribution >= 4 is 10.9 Å². The molecule has 2 aromatic rings. The Bertz CT molecular complexity index is 1370. The number of para-hydroxylation sites is 1. The molecule has 9 unspecified atom stereocenters. The van der Waals surface area contributed by atoms with Crippen molar-refractivity contribution in [1.29, 1.82) is 0 Å². The molecule has 4 fully saturated rings. The summed E-state index contributed by atoms with van der Waals surface area (Å²) in [6.07, 6.45) is 20.5. The van der Waals surface area contributed by atoms with Crippen molar-refractivity contribution < 1.29 is 10.2 Å². The molecule has 3 saturated heterocycles. The van der Waals surface area contributed by atoms with E-state index in [9.17, 15) is 10.2 Å². The van der Waals surface area contributed by atoms with E-state index in [0.29, 0.717) is 12.3 Å². The Balaban J connectivity index is 1.36. The van der Waals surface area contributed by atoms with E-state index in [2.05, 4.69) is 68.3 Å². The number of aromatic amines is 1. The molecule has 7 aliphatic rings. The Morgan fingerprint density at radius 1 is 0.837 bits per heavy atom. The van der Waals surface area contributed by atoms with Gasteiger partial charge in [-0.3, -0.25) is 9.80 Å². The van der Waals surface area contributed by atoms with Gasteiger partial charge in [-0.2, -0.15) is 0 Å². The number of aliphatic hydroxyl groups excluding tert-OH is 1. The van der Waals surface area contributed by atoms with Gasteiger partial charge in [-0.05, 0) is 113 Å². The van der Waals surface area contributed by atoms with Crippen molar-refractivity contribution in [2.24, 2.45) is 23.2 Å². The monoisotopic (exact) mass is 584 g/mol. The van der Waals surface area contributed by atoms with Crippen LogP contribution in [0.2, 0.25) is 0 Å². The predicted octanol–water partition coefficient (Wildman–Crippen LogP) is 5.64. The van der Waals surface area contributed by atoms with Crippen LogP contribution in [-0.2, 0) is 6.42 Å². The maximum atomic E-state index is 13.2. The van der Waals surface area contributed by atoms with Crippen LogP contribution in [0.25, 0.3) is 10.9 Å². The summed E-state index contributed by atoms with van der Waals surface area (Å²) in [4.78, 5) is 12.1. The van der Waals surface area contributed by atoms with Gasteiger partial charge in [0.25, 0.3) is 0 Å². The minimum Gasteiger partial charge on any atom is -0.390 e. The van der Waals surface area contributed by atoms with Crippen molar-refractivity contribution in [2.75, 3.05) is 45.9 Å². The van der Waals surface area contributed by atoms with Gasteiger partial charge in [-0.25, -0.2) is 0 Å². The Hall–Kier alpha value is -1.96. The third kappa shape index (κ3) is 4.70. The van der Waals surface area contributed by atoms with Gasteiger partial charge < -0.3 is 20.1 Å². The number of nitrogens with zero attached hydrogens (tertiary/aromatic N) is 3. The molecule has 6 nitrogen and oxygen atoms in total. The van der Waals surface area contributed by atoms with Crippen LogP contribution in [0.3, 0.4) is 0 Å². The van der Waals surface area contributed by atoms with Gasteiger partial charge in [0.15, 0.2) is 0 Å². The molecule has 43 heavy (non-hydrogen) atoms. The summed E-state index contributed by atoms with van der Waals surface area (Å²) in [5.74, 6) is 0.434. The number of hydrogen-bond donors (Lipinski definition) is 3. The quantitative estimate of drug-likeness (QED) is 0.350. The second-order valence-electron chi connectivity index (χ2n) is 14.9. The van der Waals surface area contributed by atoms with E-state index in [1.165, 1.54) is 35.0 Å². The van der Waals surface area contributed by atoms with Crippen molar-refractivity contribution in [3.8, 4) is 0 Å². The van der Waals surface area contributed by atoms with Gasteiger partial charge in [0.1, 0.15) is 0 Å². The Morgan fingerprint density at radius 3 is 2.53 bits per heavy atom. The maximum absolute atomic E-state index is 13.2. The summed E-state index contributed by atoms with van der Waals surface area (Å²) in [7, 11) is 0. The molecule has 3 N–H and O–H groups in total. The molecule has 7 heterocycles. The van der Waals surface area contributed by atoms with Crippen molar-refractivity contribution in [2.45, 2.75) is 88.4 Å². The lowest BCUT2D eigenvalue weighted by Gasteiger charge is -2.65. The van der Waals surface area contributed by atoms with E-state index >= 15 is 0 Å². The molecule has 1 aromatic heterocycles. The van der Waals surface area contributed by atoms with Crippen LogP contribution in [0.4, 0.5) is 0 Å². The lowest BCUT2D eigenvalue weighted by atomic mass is 9.45. The zero-order valence-electron chi connectivity index (χ0n) is 26.0. The van der Waals surface area contributed by atoms with Gasteiger partial charge >= 0.3 is 0 Å². The number of nitrogens with one attached hydrogen (secondary N) is 1. The molecule has 1 saturated carbocycles. The first-order valence-corrected chi connectivity index (χ1v) is 17.6. The molecule has 232 valence electrons. The number of benzene rings is 1. The van der Waals surface area contributed by atoms with Crippen LogP contribution in [-0.4, -0.2) is 87.5 Å². The highest BCUT2D eigenvalue weighted by Crippen LogP contribution is 2.63. The molecule has 9 atom stereocenters. The van der Waals surface area contributed by atoms with Crippen molar-refractivity contribution in [3.63, 3.8) is 0 Å². The van der Waals surface area contributed by atoms with Gasteiger partial charge in [-0.1, -0.05) is 42.5 Å². The number of piperidine rings is 1. The molecule has 0 amide bonds. The first-order valence-electron chi connectivity index (χ1n) is 17.6. The molecular weight excluding hydrogens is 532 g/mol. The lowest BCUT2D eigenvalue weighted by molar-refractivity contribution is -0.256. The molecule has 9 rings (SSSR count). The average Bonchev–Trinajstić information content (AvgIpc) is 3.40. The van der Waals surface area contributed by atoms with Gasteiger partial charge in [0, 0.05) is 48.1 Å². The lowest BCUT2D eigenvalue weighted by Crippen LogP contribution is -2.72. The predicted molar refractivity (Wildman–Crippen MR) is 173 cm³/mol. The third-order valence-corrected chi connectivity index (χ3v) is 12.8. The number of rotatable bonds is 0. The summed E-state index contributed by atoms with van der Waals surface area (Å²) in [5, 5.41) is 27.4. The first-order chi connectivity index (χ1) is 21.1. The molecule has 6 aliphatic heterocycles. The van der Waals surface area contributed by atoms with Crippen LogP contribution in [0.15, 0.2) is 48.6 Å². The van der Waals surface area contributed by atoms with E-state index in [1.807, 2.05) is 0 Å². The van der Waals surface area contributed by atoms with Crippen LogP contribution in [0.1, 0.15) is 81.5 Å². The van der Waals surface area contributed by atoms with E-state index in [-0.39, 0.29) is 23.3 Å². The van der Waals surface area contributed by atoms with Crippen molar-refractivity contribution in [3.05, 3.63) is 59.8 Å². The minimum atomic E-state index is -1.11. The summed E-state index contributed by atoms with van der Waals surface area (Å²) >= 11 is 0. The second-order valence-corrected chi connectivity index (χ2v) is 14.9. The van der Waals surface area contributed by atoms with E-state index in [1.54, 1.807) is 0 Å². The highest BCUT2D eigenvalue weighted by atomic mass is 16.3. The number of fused-ring (bicyclic) bond motifs is 4. The number of aromatic nitrogens is 1. The zero-order valence-corrected chi connectivity index (χ0v) is 26.0. The van der Waals surface area contributed by atoms with Crippen LogP contribution >= 0.6 is 0 Å². The molecule has 1 aliphatic carbocycles. The van der Waals surface area contributed by atoms with Gasteiger partial charge in [-0.15, -0.1) is 0 Å². The minimum absolute atomic E-state index is 0.00325. The molecule has 6 heteroatoms. The normalized spacial score (nSPS) is 42.0.